The van der Waals surface area contributed by atoms with Gasteiger partial charge in [-0.3, -0.25) is 0 Å². The van der Waals surface area contributed by atoms with E-state index in [1.165, 1.54) is 5.69 Å². The van der Waals surface area contributed by atoms with E-state index in [9.17, 15) is 0 Å². The molecule has 4 heterocycles. The van der Waals surface area contributed by atoms with Crippen LogP contribution in [0.25, 0.3) is 5.69 Å². The van der Waals surface area contributed by atoms with Gasteiger partial charge in [0.1, 0.15) is 23.0 Å². The molecule has 0 unspecified atom stereocenters. The molecule has 4 aromatic carbocycles. The molecule has 0 atom stereocenters. The highest BCUT2D eigenvalue weighted by Gasteiger charge is 2.40. The molecule has 5 aromatic rings. The molecule has 6 nitrogen and oxygen atoms in total. The monoisotopic (exact) mass is 508 g/mol. The van der Waals surface area contributed by atoms with Crippen LogP contribution in [0.2, 0.25) is 0 Å². The lowest BCUT2D eigenvalue weighted by molar-refractivity contribution is 0.464. The Morgan fingerprint density at radius 1 is 0.641 bits per heavy atom. The SMILES string of the molecule is Cc1cc(C)n(-c2ccc3c(c2)B2c4cc(N5C=CN(c6ccccc6)C5)ccc4Oc4cccc(c42)O3)n1. The molecular formula is C32H25BN4O2. The Kier molecular flexibility index (Phi) is 4.70. The van der Waals surface area contributed by atoms with Crippen LogP contribution < -0.4 is 35.7 Å². The predicted octanol–water partition coefficient (Wildman–Crippen LogP) is 4.97. The van der Waals surface area contributed by atoms with Crippen LogP contribution >= 0.6 is 0 Å². The predicted molar refractivity (Wildman–Crippen MR) is 156 cm³/mol. The van der Waals surface area contributed by atoms with E-state index in [0.717, 1.165) is 68.8 Å². The average Bonchev–Trinajstić information content (AvgIpc) is 3.59. The fourth-order valence-electron chi connectivity index (χ4n) is 5.99. The van der Waals surface area contributed by atoms with Gasteiger partial charge in [-0.2, -0.15) is 5.10 Å². The first kappa shape index (κ1) is 22.1. The maximum absolute atomic E-state index is 6.44. The molecule has 8 rings (SSSR count). The van der Waals surface area contributed by atoms with Gasteiger partial charge in [-0.1, -0.05) is 24.3 Å². The number of anilines is 2. The van der Waals surface area contributed by atoms with Crippen molar-refractivity contribution in [3.63, 3.8) is 0 Å². The minimum atomic E-state index is -0.0163. The van der Waals surface area contributed by atoms with Gasteiger partial charge in [-0.25, -0.2) is 4.68 Å². The van der Waals surface area contributed by atoms with Crippen LogP contribution in [0.3, 0.4) is 0 Å². The highest BCUT2D eigenvalue weighted by molar-refractivity contribution is 6.98. The number of fused-ring (bicyclic) bond motifs is 4. The summed E-state index contributed by atoms with van der Waals surface area (Å²) in [5.74, 6) is 3.43. The molecule has 0 amide bonds. The van der Waals surface area contributed by atoms with Crippen LogP contribution in [0.5, 0.6) is 23.0 Å². The summed E-state index contributed by atoms with van der Waals surface area (Å²) in [7, 11) is 0. The molecule has 0 saturated heterocycles. The molecule has 0 N–H and O–H groups in total. The van der Waals surface area contributed by atoms with Crippen molar-refractivity contribution in [2.75, 3.05) is 16.5 Å². The van der Waals surface area contributed by atoms with Gasteiger partial charge in [0.25, 0.3) is 6.71 Å². The third-order valence-electron chi connectivity index (χ3n) is 7.77. The van der Waals surface area contributed by atoms with Crippen molar-refractivity contribution < 1.29 is 9.47 Å². The standard InChI is InChI=1S/C32H25BN4O2/c1-21-17-22(2)37(34-21)25-12-14-29-27(19-25)33-26-18-24(36-16-15-35(20-36)23-7-4-3-5-8-23)11-13-28(26)38-30-9-6-10-31(39-29)32(30)33/h3-19H,20H2,1-2H3. The van der Waals surface area contributed by atoms with Gasteiger partial charge in [0, 0.05) is 34.9 Å². The van der Waals surface area contributed by atoms with Gasteiger partial charge >= 0.3 is 0 Å². The van der Waals surface area contributed by atoms with E-state index < -0.39 is 0 Å². The molecule has 188 valence electrons. The number of aromatic nitrogens is 2. The van der Waals surface area contributed by atoms with Crippen molar-refractivity contribution in [1.82, 2.24) is 9.78 Å². The molecule has 7 heteroatoms. The molecule has 0 radical (unpaired) electrons. The second kappa shape index (κ2) is 8.30. The van der Waals surface area contributed by atoms with Crippen LogP contribution in [0, 0.1) is 13.8 Å². The van der Waals surface area contributed by atoms with Gasteiger partial charge < -0.3 is 19.3 Å². The summed E-state index contributed by atoms with van der Waals surface area (Å²) in [5, 5.41) is 4.73. The number of rotatable bonds is 3. The number of para-hydroxylation sites is 1. The Balaban J connectivity index is 1.24. The Labute approximate surface area is 227 Å². The number of ether oxygens (including phenoxy) is 2. The molecule has 3 aliphatic rings. The molecule has 0 aliphatic carbocycles. The lowest BCUT2D eigenvalue weighted by Gasteiger charge is -2.33. The third-order valence-corrected chi connectivity index (χ3v) is 7.77. The summed E-state index contributed by atoms with van der Waals surface area (Å²) in [6.07, 6.45) is 4.26. The van der Waals surface area contributed by atoms with Crippen LogP contribution in [-0.2, 0) is 0 Å². The molecule has 0 spiro atoms. The zero-order valence-corrected chi connectivity index (χ0v) is 21.7. The van der Waals surface area contributed by atoms with Gasteiger partial charge in [-0.15, -0.1) is 0 Å². The number of aryl methyl sites for hydroxylation is 2. The molecule has 0 fully saturated rings. The maximum Gasteiger partial charge on any atom is 0.260 e. The minimum absolute atomic E-state index is 0.0163. The summed E-state index contributed by atoms with van der Waals surface area (Å²) in [6.45, 7) is 4.84. The summed E-state index contributed by atoms with van der Waals surface area (Å²) in [5.41, 5.74) is 8.74. The quantitative estimate of drug-likeness (QED) is 0.316. The summed E-state index contributed by atoms with van der Waals surface area (Å²) in [4.78, 5) is 4.51. The second-order valence-electron chi connectivity index (χ2n) is 10.3. The molecule has 1 aromatic heterocycles. The topological polar surface area (TPSA) is 42.8 Å². The number of nitrogens with zero attached hydrogens (tertiary/aromatic N) is 4. The lowest BCUT2D eigenvalue weighted by atomic mass is 9.35. The molecule has 3 aliphatic heterocycles. The van der Waals surface area contributed by atoms with Crippen molar-refractivity contribution in [2.45, 2.75) is 13.8 Å². The first-order valence-electron chi connectivity index (χ1n) is 13.2. The summed E-state index contributed by atoms with van der Waals surface area (Å²) >= 11 is 0. The fourth-order valence-corrected chi connectivity index (χ4v) is 5.99. The average molecular weight is 508 g/mol. The van der Waals surface area contributed by atoms with Crippen molar-refractivity contribution in [3.8, 4) is 28.7 Å². The highest BCUT2D eigenvalue weighted by Crippen LogP contribution is 2.36. The van der Waals surface area contributed by atoms with Crippen molar-refractivity contribution >= 4 is 34.5 Å². The van der Waals surface area contributed by atoms with Crippen LogP contribution in [0.1, 0.15) is 11.4 Å². The van der Waals surface area contributed by atoms with E-state index in [-0.39, 0.29) is 6.71 Å². The van der Waals surface area contributed by atoms with Crippen molar-refractivity contribution in [3.05, 3.63) is 115 Å². The maximum atomic E-state index is 6.44. The molecule has 0 bridgehead atoms. The normalized spacial score (nSPS) is 14.5. The number of hydrogen-bond acceptors (Lipinski definition) is 5. The van der Waals surface area contributed by atoms with Gasteiger partial charge in [0.05, 0.1) is 18.1 Å². The highest BCUT2D eigenvalue weighted by atomic mass is 16.5. The zero-order valence-electron chi connectivity index (χ0n) is 21.7. The van der Waals surface area contributed by atoms with Crippen molar-refractivity contribution in [2.24, 2.45) is 0 Å². The fraction of sp³-hybridized carbons (Fsp3) is 0.0938. The Bertz CT molecular complexity index is 1780. The van der Waals surface area contributed by atoms with E-state index in [1.54, 1.807) is 0 Å². The van der Waals surface area contributed by atoms with Crippen LogP contribution in [-0.4, -0.2) is 23.2 Å². The van der Waals surface area contributed by atoms with Crippen LogP contribution in [0.4, 0.5) is 11.4 Å². The third kappa shape index (κ3) is 3.47. The Hall–Kier alpha value is -4.91. The van der Waals surface area contributed by atoms with Gasteiger partial charge in [-0.05, 0) is 91.5 Å². The molecule has 39 heavy (non-hydrogen) atoms. The largest absolute Gasteiger partial charge is 0.458 e. The zero-order chi connectivity index (χ0) is 26.1. The van der Waals surface area contributed by atoms with E-state index >= 15 is 0 Å². The summed E-state index contributed by atoms with van der Waals surface area (Å²) < 4.78 is 14.9. The van der Waals surface area contributed by atoms with Crippen LogP contribution in [0.15, 0.2) is 103 Å². The van der Waals surface area contributed by atoms with Gasteiger partial charge in [0.2, 0.25) is 0 Å². The Morgan fingerprint density at radius 3 is 1.95 bits per heavy atom. The van der Waals surface area contributed by atoms with Gasteiger partial charge in [0.15, 0.2) is 0 Å². The first-order valence-corrected chi connectivity index (χ1v) is 13.2. The minimum Gasteiger partial charge on any atom is -0.458 e. The number of hydrogen-bond donors (Lipinski definition) is 0. The summed E-state index contributed by atoms with van der Waals surface area (Å²) in [6, 6.07) is 31.5. The first-order chi connectivity index (χ1) is 19.1. The van der Waals surface area contributed by atoms with E-state index in [1.807, 2.05) is 35.9 Å². The Morgan fingerprint density at radius 2 is 1.28 bits per heavy atom. The van der Waals surface area contributed by atoms with E-state index in [0.29, 0.717) is 0 Å². The number of benzene rings is 4. The molecule has 0 saturated carbocycles. The van der Waals surface area contributed by atoms with E-state index in [2.05, 4.69) is 95.9 Å². The lowest BCUT2D eigenvalue weighted by Crippen LogP contribution is -2.57. The second-order valence-corrected chi connectivity index (χ2v) is 10.3. The smallest absolute Gasteiger partial charge is 0.260 e. The van der Waals surface area contributed by atoms with Crippen molar-refractivity contribution in [1.29, 1.82) is 0 Å². The molecular weight excluding hydrogens is 483 g/mol. The van der Waals surface area contributed by atoms with E-state index in [4.69, 9.17) is 14.6 Å².